The lowest BCUT2D eigenvalue weighted by atomic mass is 9.83. The number of hydrogen-bond acceptors (Lipinski definition) is 8. The van der Waals surface area contributed by atoms with Crippen molar-refractivity contribution >= 4 is 6.16 Å². The molecule has 0 saturated carbocycles. The van der Waals surface area contributed by atoms with Crippen LogP contribution in [-0.4, -0.2) is 44.0 Å². The van der Waals surface area contributed by atoms with Gasteiger partial charge in [0.1, 0.15) is 0 Å². The zero-order chi connectivity index (χ0) is 20.5. The van der Waals surface area contributed by atoms with Crippen LogP contribution in [0.15, 0.2) is 24.3 Å². The summed E-state index contributed by atoms with van der Waals surface area (Å²) in [6.07, 6.45) is 0.671. The molecule has 0 saturated heterocycles. The number of benzene rings is 2. The van der Waals surface area contributed by atoms with E-state index < -0.39 is 6.16 Å². The molecule has 2 aromatic rings. The SMILES string of the molecule is COC(=O)OOc1cc2c(cc1OC)CCN1Cc3c(ccc(O)c3OC)CC21. The van der Waals surface area contributed by atoms with Crippen LogP contribution in [0.2, 0.25) is 0 Å². The number of methoxy groups -OCH3 is 3. The first-order valence-electron chi connectivity index (χ1n) is 9.30. The molecular weight excluding hydrogens is 378 g/mol. The predicted octanol–water partition coefficient (Wildman–Crippen LogP) is 3.14. The lowest BCUT2D eigenvalue weighted by Gasteiger charge is -2.42. The largest absolute Gasteiger partial charge is 0.549 e. The van der Waals surface area contributed by atoms with Crippen molar-refractivity contribution in [1.29, 1.82) is 0 Å². The summed E-state index contributed by atoms with van der Waals surface area (Å²) in [5.41, 5.74) is 4.42. The van der Waals surface area contributed by atoms with Gasteiger partial charge in [-0.3, -0.25) is 9.79 Å². The van der Waals surface area contributed by atoms with E-state index in [2.05, 4.69) is 14.5 Å². The Balaban J connectivity index is 1.69. The first-order valence-corrected chi connectivity index (χ1v) is 9.30. The maximum absolute atomic E-state index is 11.3. The lowest BCUT2D eigenvalue weighted by molar-refractivity contribution is -0.165. The second kappa shape index (κ2) is 7.71. The Morgan fingerprint density at radius 2 is 1.93 bits per heavy atom. The molecule has 1 unspecified atom stereocenters. The Hall–Kier alpha value is -3.13. The number of rotatable bonds is 4. The summed E-state index contributed by atoms with van der Waals surface area (Å²) in [5.74, 6) is 1.50. The van der Waals surface area contributed by atoms with Crippen molar-refractivity contribution in [1.82, 2.24) is 4.90 Å². The molecule has 0 fully saturated rings. The molecule has 1 atom stereocenters. The molecule has 8 nitrogen and oxygen atoms in total. The van der Waals surface area contributed by atoms with Crippen LogP contribution in [0.4, 0.5) is 4.79 Å². The average Bonchev–Trinajstić information content (AvgIpc) is 2.75. The number of nitrogens with zero attached hydrogens (tertiary/aromatic N) is 1. The summed E-state index contributed by atoms with van der Waals surface area (Å²) >= 11 is 0. The van der Waals surface area contributed by atoms with Crippen molar-refractivity contribution in [3.63, 3.8) is 0 Å². The first-order chi connectivity index (χ1) is 14.0. The number of phenolic OH excluding ortho intramolecular Hbond substituents is 1. The van der Waals surface area contributed by atoms with E-state index in [4.69, 9.17) is 14.4 Å². The highest BCUT2D eigenvalue weighted by atomic mass is 17.2. The lowest BCUT2D eigenvalue weighted by Crippen LogP contribution is -2.39. The molecule has 2 heterocycles. The van der Waals surface area contributed by atoms with E-state index >= 15 is 0 Å². The Morgan fingerprint density at radius 1 is 1.10 bits per heavy atom. The fourth-order valence-corrected chi connectivity index (χ4v) is 4.19. The van der Waals surface area contributed by atoms with Gasteiger partial charge in [-0.05, 0) is 47.7 Å². The number of ether oxygens (including phenoxy) is 3. The molecular formula is C21H23NO7. The summed E-state index contributed by atoms with van der Waals surface area (Å²) in [7, 11) is 4.32. The number of aromatic hydroxyl groups is 1. The van der Waals surface area contributed by atoms with E-state index in [9.17, 15) is 9.90 Å². The van der Waals surface area contributed by atoms with Crippen molar-refractivity contribution in [3.8, 4) is 23.0 Å². The van der Waals surface area contributed by atoms with Crippen LogP contribution >= 0.6 is 0 Å². The molecule has 0 spiro atoms. The van der Waals surface area contributed by atoms with Gasteiger partial charge in [0.05, 0.1) is 21.3 Å². The van der Waals surface area contributed by atoms with E-state index in [1.807, 2.05) is 18.2 Å². The maximum atomic E-state index is 11.3. The predicted molar refractivity (Wildman–Crippen MR) is 102 cm³/mol. The molecule has 0 aliphatic carbocycles. The molecule has 29 heavy (non-hydrogen) atoms. The van der Waals surface area contributed by atoms with Gasteiger partial charge in [0.15, 0.2) is 17.2 Å². The number of carbonyl (C=O) groups is 1. The van der Waals surface area contributed by atoms with Gasteiger partial charge in [0.25, 0.3) is 0 Å². The third kappa shape index (κ3) is 3.40. The third-order valence-electron chi connectivity index (χ3n) is 5.58. The molecule has 2 aliphatic heterocycles. The van der Waals surface area contributed by atoms with Gasteiger partial charge >= 0.3 is 6.16 Å². The van der Waals surface area contributed by atoms with E-state index in [0.717, 1.165) is 36.1 Å². The highest BCUT2D eigenvalue weighted by Gasteiger charge is 2.35. The van der Waals surface area contributed by atoms with Gasteiger partial charge in [0, 0.05) is 24.7 Å². The number of fused-ring (bicyclic) bond motifs is 4. The van der Waals surface area contributed by atoms with Crippen LogP contribution in [0.5, 0.6) is 23.0 Å². The quantitative estimate of drug-likeness (QED) is 0.475. The van der Waals surface area contributed by atoms with Crippen LogP contribution in [0.3, 0.4) is 0 Å². The minimum atomic E-state index is -0.940. The van der Waals surface area contributed by atoms with Crippen LogP contribution < -0.4 is 14.4 Å². The van der Waals surface area contributed by atoms with Crippen molar-refractivity contribution in [2.75, 3.05) is 27.9 Å². The molecule has 4 rings (SSSR count). The molecule has 154 valence electrons. The number of hydrogen-bond donors (Lipinski definition) is 1. The standard InChI is InChI=1S/C21H23NO7/c1-25-18-9-13-6-7-22-11-15-12(4-5-17(23)20(15)26-2)8-16(22)14(13)10-19(18)28-29-21(24)27-3/h4-5,9-10,16,23H,6-8,11H2,1-3H3. The molecule has 0 aromatic heterocycles. The highest BCUT2D eigenvalue weighted by molar-refractivity contribution is 5.59. The molecule has 1 N–H and O–H groups in total. The molecule has 8 heteroatoms. The van der Waals surface area contributed by atoms with E-state index in [-0.39, 0.29) is 11.8 Å². The normalized spacial score (nSPS) is 17.4. The fourth-order valence-electron chi connectivity index (χ4n) is 4.19. The Bertz CT molecular complexity index is 943. The number of carbonyl (C=O) groups excluding carboxylic acids is 1. The van der Waals surface area contributed by atoms with E-state index in [0.29, 0.717) is 23.8 Å². The summed E-state index contributed by atoms with van der Waals surface area (Å²) in [6.45, 7) is 1.55. The van der Waals surface area contributed by atoms with Crippen LogP contribution in [0.25, 0.3) is 0 Å². The number of phenols is 1. The molecule has 0 amide bonds. The van der Waals surface area contributed by atoms with Gasteiger partial charge in [-0.1, -0.05) is 6.07 Å². The van der Waals surface area contributed by atoms with Gasteiger partial charge in [0.2, 0.25) is 5.75 Å². The third-order valence-corrected chi connectivity index (χ3v) is 5.58. The zero-order valence-electron chi connectivity index (χ0n) is 16.6. The second-order valence-electron chi connectivity index (χ2n) is 7.02. The van der Waals surface area contributed by atoms with Crippen LogP contribution in [-0.2, 0) is 29.0 Å². The van der Waals surface area contributed by atoms with Crippen molar-refractivity contribution in [3.05, 3.63) is 46.5 Å². The molecule has 2 aliphatic rings. The summed E-state index contributed by atoms with van der Waals surface area (Å²) < 4.78 is 15.3. The summed E-state index contributed by atoms with van der Waals surface area (Å²) in [6, 6.07) is 7.53. The minimum absolute atomic E-state index is 0.131. The Kier molecular flexibility index (Phi) is 5.10. The summed E-state index contributed by atoms with van der Waals surface area (Å²) in [5, 5.41) is 10.1. The zero-order valence-corrected chi connectivity index (χ0v) is 16.6. The minimum Gasteiger partial charge on any atom is -0.504 e. The maximum Gasteiger partial charge on any atom is 0.549 e. The Labute approximate surface area is 168 Å². The first kappa shape index (κ1) is 19.2. The molecule has 2 aromatic carbocycles. The topological polar surface area (TPSA) is 86.7 Å². The highest BCUT2D eigenvalue weighted by Crippen LogP contribution is 2.45. The van der Waals surface area contributed by atoms with Gasteiger partial charge < -0.3 is 19.3 Å². The van der Waals surface area contributed by atoms with Crippen molar-refractivity contribution in [2.24, 2.45) is 0 Å². The van der Waals surface area contributed by atoms with Crippen molar-refractivity contribution < 1.29 is 33.9 Å². The van der Waals surface area contributed by atoms with Gasteiger partial charge in [-0.25, -0.2) is 4.89 Å². The van der Waals surface area contributed by atoms with E-state index in [1.54, 1.807) is 13.2 Å². The van der Waals surface area contributed by atoms with Gasteiger partial charge in [-0.2, -0.15) is 4.79 Å². The van der Waals surface area contributed by atoms with Gasteiger partial charge in [-0.15, -0.1) is 0 Å². The van der Waals surface area contributed by atoms with Crippen LogP contribution in [0, 0.1) is 0 Å². The summed E-state index contributed by atoms with van der Waals surface area (Å²) in [4.78, 5) is 23.5. The fraction of sp³-hybridized carbons (Fsp3) is 0.381. The van der Waals surface area contributed by atoms with Crippen LogP contribution in [0.1, 0.15) is 28.3 Å². The Morgan fingerprint density at radius 3 is 2.66 bits per heavy atom. The smallest absolute Gasteiger partial charge is 0.504 e. The van der Waals surface area contributed by atoms with E-state index in [1.165, 1.54) is 19.8 Å². The van der Waals surface area contributed by atoms with Crippen molar-refractivity contribution in [2.45, 2.75) is 25.4 Å². The average molecular weight is 401 g/mol. The molecule has 0 radical (unpaired) electrons. The molecule has 0 bridgehead atoms. The second-order valence-corrected chi connectivity index (χ2v) is 7.02. The monoisotopic (exact) mass is 401 g/mol.